The predicted octanol–water partition coefficient (Wildman–Crippen LogP) is 1.67. The molecule has 4 nitrogen and oxygen atoms in total. The molecule has 0 unspecified atom stereocenters. The summed E-state index contributed by atoms with van der Waals surface area (Å²) < 4.78 is 33.0. The highest BCUT2D eigenvalue weighted by molar-refractivity contribution is 7.92. The van der Waals surface area contributed by atoms with Gasteiger partial charge in [-0.25, -0.2) is 8.42 Å². The summed E-state index contributed by atoms with van der Waals surface area (Å²) in [5, 5.41) is -0.490. The Morgan fingerprint density at radius 1 is 1.27 bits per heavy atom. The smallest absolute Gasteiger partial charge is 0.196 e. The lowest BCUT2D eigenvalue weighted by molar-refractivity contribution is 0.392. The first-order chi connectivity index (χ1) is 7.05. The molecule has 0 spiro atoms. The molecule has 0 saturated heterocycles. The minimum atomic E-state index is -3.51. The van der Waals surface area contributed by atoms with Crippen LogP contribution in [0.4, 0.5) is 0 Å². The normalized spacial score (nSPS) is 11.1. The number of hydrogen-bond donors (Lipinski definition) is 0. The summed E-state index contributed by atoms with van der Waals surface area (Å²) >= 11 is 5.37. The Bertz CT molecular complexity index is 441. The van der Waals surface area contributed by atoms with Gasteiger partial charge in [-0.15, -0.1) is 11.6 Å². The minimum absolute atomic E-state index is 0.0411. The lowest BCUT2D eigenvalue weighted by Crippen LogP contribution is -2.04. The largest absolute Gasteiger partial charge is 0.497 e. The Kier molecular flexibility index (Phi) is 3.82. The molecule has 0 saturated carbocycles. The highest BCUT2D eigenvalue weighted by Gasteiger charge is 2.19. The molecule has 0 fully saturated rings. The number of ether oxygens (including phenoxy) is 2. The molecule has 0 N–H and O–H groups in total. The van der Waals surface area contributed by atoms with Gasteiger partial charge in [0.05, 0.1) is 14.2 Å². The molecule has 6 heteroatoms. The molecule has 0 aliphatic carbocycles. The molecular weight excluding hydrogens is 240 g/mol. The minimum Gasteiger partial charge on any atom is -0.497 e. The summed E-state index contributed by atoms with van der Waals surface area (Å²) in [5.41, 5.74) is 0. The Hall–Kier alpha value is -0.940. The van der Waals surface area contributed by atoms with Crippen molar-refractivity contribution >= 4 is 21.4 Å². The third kappa shape index (κ3) is 2.54. The number of rotatable bonds is 4. The molecule has 1 aromatic carbocycles. The van der Waals surface area contributed by atoms with Gasteiger partial charge in [-0.2, -0.15) is 0 Å². The van der Waals surface area contributed by atoms with Crippen LogP contribution < -0.4 is 9.47 Å². The lowest BCUT2D eigenvalue weighted by Gasteiger charge is -2.09. The Balaban J connectivity index is 3.36. The van der Waals surface area contributed by atoms with Crippen molar-refractivity contribution in [3.05, 3.63) is 18.2 Å². The molecule has 0 aliphatic rings. The van der Waals surface area contributed by atoms with Crippen LogP contribution in [-0.2, 0) is 9.84 Å². The first-order valence-corrected chi connectivity index (χ1v) is 6.24. The van der Waals surface area contributed by atoms with Crippen molar-refractivity contribution in [1.82, 2.24) is 0 Å². The van der Waals surface area contributed by atoms with E-state index in [0.29, 0.717) is 5.75 Å². The zero-order chi connectivity index (χ0) is 11.5. The molecule has 0 aliphatic heterocycles. The fraction of sp³-hybridized carbons (Fsp3) is 0.333. The van der Waals surface area contributed by atoms with Gasteiger partial charge in [-0.3, -0.25) is 0 Å². The maximum atomic E-state index is 11.6. The van der Waals surface area contributed by atoms with E-state index >= 15 is 0 Å². The van der Waals surface area contributed by atoms with Crippen LogP contribution in [0.5, 0.6) is 11.5 Å². The van der Waals surface area contributed by atoms with Gasteiger partial charge in [0.15, 0.2) is 9.84 Å². The third-order valence-electron chi connectivity index (χ3n) is 1.85. The number of hydrogen-bond acceptors (Lipinski definition) is 4. The molecule has 0 aromatic heterocycles. The number of methoxy groups -OCH3 is 2. The SMILES string of the molecule is COc1ccc(OC)c(S(=O)(=O)CCl)c1. The van der Waals surface area contributed by atoms with Crippen molar-refractivity contribution in [1.29, 1.82) is 0 Å². The summed E-state index contributed by atoms with van der Waals surface area (Å²) in [5.74, 6) is 0.705. The topological polar surface area (TPSA) is 52.6 Å². The van der Waals surface area contributed by atoms with Crippen molar-refractivity contribution < 1.29 is 17.9 Å². The second kappa shape index (κ2) is 4.72. The van der Waals surface area contributed by atoms with Crippen LogP contribution in [0, 0.1) is 0 Å². The molecular formula is C9H11ClO4S. The highest BCUT2D eigenvalue weighted by atomic mass is 35.5. The van der Waals surface area contributed by atoms with E-state index in [2.05, 4.69) is 0 Å². The maximum absolute atomic E-state index is 11.6. The van der Waals surface area contributed by atoms with Crippen LogP contribution in [0.2, 0.25) is 0 Å². The van der Waals surface area contributed by atoms with E-state index in [0.717, 1.165) is 0 Å². The molecule has 1 aromatic rings. The van der Waals surface area contributed by atoms with Gasteiger partial charge >= 0.3 is 0 Å². The van der Waals surface area contributed by atoms with E-state index in [4.69, 9.17) is 21.1 Å². The Labute approximate surface area is 93.7 Å². The summed E-state index contributed by atoms with van der Waals surface area (Å²) in [7, 11) is -0.658. The quantitative estimate of drug-likeness (QED) is 0.763. The molecule has 0 amide bonds. The Morgan fingerprint density at radius 3 is 2.40 bits per heavy atom. The first-order valence-electron chi connectivity index (χ1n) is 4.06. The standard InChI is InChI=1S/C9H11ClO4S/c1-13-7-3-4-8(14-2)9(5-7)15(11,12)6-10/h3-5H,6H2,1-2H3. The van der Waals surface area contributed by atoms with Crippen LogP contribution >= 0.6 is 11.6 Å². The van der Waals surface area contributed by atoms with Crippen molar-refractivity contribution in [2.45, 2.75) is 4.90 Å². The summed E-state index contributed by atoms with van der Waals surface area (Å²) in [6, 6.07) is 4.53. The lowest BCUT2D eigenvalue weighted by atomic mass is 10.3. The van der Waals surface area contributed by atoms with Gasteiger partial charge in [0, 0.05) is 6.07 Å². The van der Waals surface area contributed by atoms with Gasteiger partial charge in [0.25, 0.3) is 0 Å². The summed E-state index contributed by atoms with van der Waals surface area (Å²) in [6.45, 7) is 0. The van der Waals surface area contributed by atoms with Gasteiger partial charge < -0.3 is 9.47 Å². The number of alkyl halides is 1. The van der Waals surface area contributed by atoms with Crippen molar-refractivity contribution in [3.8, 4) is 11.5 Å². The summed E-state index contributed by atoms with van der Waals surface area (Å²) in [4.78, 5) is 0.0411. The molecule has 0 atom stereocenters. The fourth-order valence-electron chi connectivity index (χ4n) is 1.09. The van der Waals surface area contributed by atoms with E-state index in [9.17, 15) is 8.42 Å². The van der Waals surface area contributed by atoms with Gasteiger partial charge in [-0.05, 0) is 12.1 Å². The second-order valence-electron chi connectivity index (χ2n) is 2.74. The number of halogens is 1. The molecule has 15 heavy (non-hydrogen) atoms. The van der Waals surface area contributed by atoms with Crippen LogP contribution in [0.1, 0.15) is 0 Å². The van der Waals surface area contributed by atoms with E-state index in [-0.39, 0.29) is 10.6 Å². The zero-order valence-corrected chi connectivity index (χ0v) is 9.93. The van der Waals surface area contributed by atoms with E-state index in [1.165, 1.54) is 26.4 Å². The molecule has 0 bridgehead atoms. The van der Waals surface area contributed by atoms with Crippen molar-refractivity contribution in [2.24, 2.45) is 0 Å². The van der Waals surface area contributed by atoms with E-state index < -0.39 is 15.0 Å². The Morgan fingerprint density at radius 2 is 1.93 bits per heavy atom. The zero-order valence-electron chi connectivity index (χ0n) is 8.36. The summed E-state index contributed by atoms with van der Waals surface area (Å²) in [6.07, 6.45) is 0. The van der Waals surface area contributed by atoms with Gasteiger partial charge in [0.2, 0.25) is 0 Å². The van der Waals surface area contributed by atoms with E-state index in [1.54, 1.807) is 6.07 Å². The highest BCUT2D eigenvalue weighted by Crippen LogP contribution is 2.29. The maximum Gasteiger partial charge on any atom is 0.196 e. The number of benzene rings is 1. The molecule has 0 radical (unpaired) electrons. The molecule has 0 heterocycles. The van der Waals surface area contributed by atoms with E-state index in [1.807, 2.05) is 0 Å². The third-order valence-corrected chi connectivity index (χ3v) is 3.99. The van der Waals surface area contributed by atoms with Crippen LogP contribution in [0.25, 0.3) is 0 Å². The molecule has 1 rings (SSSR count). The monoisotopic (exact) mass is 250 g/mol. The fourth-order valence-corrected chi connectivity index (χ4v) is 2.31. The van der Waals surface area contributed by atoms with Crippen molar-refractivity contribution in [2.75, 3.05) is 19.4 Å². The van der Waals surface area contributed by atoms with Gasteiger partial charge in [0.1, 0.15) is 21.6 Å². The van der Waals surface area contributed by atoms with Crippen LogP contribution in [0.3, 0.4) is 0 Å². The second-order valence-corrected chi connectivity index (χ2v) is 5.28. The van der Waals surface area contributed by atoms with Gasteiger partial charge in [-0.1, -0.05) is 0 Å². The average molecular weight is 251 g/mol. The van der Waals surface area contributed by atoms with Crippen LogP contribution in [-0.4, -0.2) is 27.8 Å². The number of sulfone groups is 1. The average Bonchev–Trinajstić information content (AvgIpc) is 2.28. The predicted molar refractivity (Wildman–Crippen MR) is 57.5 cm³/mol. The first kappa shape index (κ1) is 12.1. The van der Waals surface area contributed by atoms with Crippen LogP contribution in [0.15, 0.2) is 23.1 Å². The molecule has 84 valence electrons. The van der Waals surface area contributed by atoms with Crippen molar-refractivity contribution in [3.63, 3.8) is 0 Å².